The topological polar surface area (TPSA) is 128 Å². The van der Waals surface area contributed by atoms with Gasteiger partial charge in [-0.25, -0.2) is 8.42 Å². The number of aliphatic hydroxyl groups excluding tert-OH is 1. The highest BCUT2D eigenvalue weighted by molar-refractivity contribution is 7.89. The van der Waals surface area contributed by atoms with Crippen LogP contribution in [0.3, 0.4) is 0 Å². The summed E-state index contributed by atoms with van der Waals surface area (Å²) in [6, 6.07) is 24.6. The molecule has 244 valence electrons. The number of aliphatic hydroxyl groups is 1. The van der Waals surface area contributed by atoms with Crippen LogP contribution in [-0.4, -0.2) is 77.6 Å². The predicted octanol–water partition coefficient (Wildman–Crippen LogP) is 3.36. The van der Waals surface area contributed by atoms with Gasteiger partial charge in [-0.05, 0) is 49.4 Å². The molecule has 0 aliphatic carbocycles. The van der Waals surface area contributed by atoms with E-state index in [1.54, 1.807) is 56.3 Å². The van der Waals surface area contributed by atoms with Crippen LogP contribution in [-0.2, 0) is 30.8 Å². The molecule has 3 N–H and O–H groups in total. The molecule has 0 bridgehead atoms. The molecule has 1 saturated heterocycles. The van der Waals surface area contributed by atoms with Crippen molar-refractivity contribution >= 4 is 27.5 Å². The number of hydrogen-bond donors (Lipinski definition) is 3. The average molecular weight is 647 g/mol. The van der Waals surface area contributed by atoms with Gasteiger partial charge in [0.05, 0.1) is 23.2 Å². The normalized spacial score (nSPS) is 21.2. The first-order chi connectivity index (χ1) is 21.9. The van der Waals surface area contributed by atoms with Gasteiger partial charge >= 0.3 is 0 Å². The number of benzene rings is 3. The number of sulfonamides is 1. The van der Waals surface area contributed by atoms with Crippen molar-refractivity contribution in [1.82, 2.24) is 19.8 Å². The molecule has 4 unspecified atom stereocenters. The second kappa shape index (κ2) is 13.8. The minimum Gasteiger partial charge on any atom is -0.387 e. The molecule has 2 heterocycles. The van der Waals surface area contributed by atoms with Crippen LogP contribution in [0.25, 0.3) is 5.70 Å². The molecule has 3 aromatic rings. The Balaban J connectivity index is 1.48. The van der Waals surface area contributed by atoms with Crippen molar-refractivity contribution in [3.8, 4) is 0 Å². The summed E-state index contributed by atoms with van der Waals surface area (Å²) in [5.74, 6) is -1.44. The van der Waals surface area contributed by atoms with Crippen molar-refractivity contribution in [3.63, 3.8) is 0 Å². The maximum Gasteiger partial charge on any atom is 0.264 e. The predicted molar refractivity (Wildman–Crippen MR) is 175 cm³/mol. The average Bonchev–Trinajstić information content (AvgIpc) is 3.41. The molecule has 5 rings (SSSR count). The van der Waals surface area contributed by atoms with E-state index in [0.29, 0.717) is 18.6 Å². The molecule has 46 heavy (non-hydrogen) atoms. The Labute approximate surface area is 271 Å². The van der Waals surface area contributed by atoms with Crippen LogP contribution in [0.1, 0.15) is 38.8 Å². The molecule has 2 amide bonds. The Morgan fingerprint density at radius 2 is 1.59 bits per heavy atom. The van der Waals surface area contributed by atoms with E-state index in [4.69, 9.17) is 4.74 Å². The number of nitrogens with one attached hydrogen (secondary N) is 2. The molecule has 4 atom stereocenters. The van der Waals surface area contributed by atoms with Crippen molar-refractivity contribution in [3.05, 3.63) is 108 Å². The fourth-order valence-corrected chi connectivity index (χ4v) is 7.47. The third-order valence-electron chi connectivity index (χ3n) is 8.18. The van der Waals surface area contributed by atoms with Crippen LogP contribution in [0.5, 0.6) is 0 Å². The zero-order valence-electron chi connectivity index (χ0n) is 26.5. The molecule has 0 radical (unpaired) electrons. The highest BCUT2D eigenvalue weighted by atomic mass is 32.2. The van der Waals surface area contributed by atoms with Gasteiger partial charge in [-0.2, -0.15) is 0 Å². The molecule has 2 aliphatic rings. The number of carbonyl (C=O) groups excluding carboxylic acids is 2. The first-order valence-electron chi connectivity index (χ1n) is 15.5. The molecule has 0 aromatic heterocycles. The van der Waals surface area contributed by atoms with Gasteiger partial charge in [-0.3, -0.25) is 24.1 Å². The van der Waals surface area contributed by atoms with E-state index < -0.39 is 52.2 Å². The summed E-state index contributed by atoms with van der Waals surface area (Å²) in [5.41, 5.74) is 1.41. The van der Waals surface area contributed by atoms with Crippen LogP contribution in [0.4, 0.5) is 0 Å². The summed E-state index contributed by atoms with van der Waals surface area (Å²) in [4.78, 5) is 29.5. The van der Waals surface area contributed by atoms with Crippen molar-refractivity contribution < 1.29 is 27.9 Å². The van der Waals surface area contributed by atoms with Crippen molar-refractivity contribution in [2.75, 3.05) is 13.2 Å². The second-order valence-electron chi connectivity index (χ2n) is 12.8. The van der Waals surface area contributed by atoms with Gasteiger partial charge in [0.1, 0.15) is 24.9 Å². The second-order valence-corrected chi connectivity index (χ2v) is 14.6. The maximum atomic E-state index is 14.3. The standard InChI is InChI=1S/C35H42N4O6S/c1-24(2)31-34(42)38(29(26-16-10-6-11-17-26)21-39(31)46(43,44)27-18-12-7-13-19-27)22-30(40)36-28(20-25-14-8-5-9-15-25)32(41)33-37-35(3,4)23-45-33/h5-19,21,24,28,31-33,37,41H,20,22-23H2,1-4H3,(H,36,40). The summed E-state index contributed by atoms with van der Waals surface area (Å²) < 4.78 is 34.8. The molecular weight excluding hydrogens is 604 g/mol. The summed E-state index contributed by atoms with van der Waals surface area (Å²) in [7, 11) is -4.11. The van der Waals surface area contributed by atoms with Gasteiger partial charge in [0, 0.05) is 11.7 Å². The first-order valence-corrected chi connectivity index (χ1v) is 16.9. The Kier molecular flexibility index (Phi) is 9.97. The van der Waals surface area contributed by atoms with Crippen LogP contribution in [0.2, 0.25) is 0 Å². The Bertz CT molecular complexity index is 1650. The molecule has 3 aromatic carbocycles. The summed E-state index contributed by atoms with van der Waals surface area (Å²) in [5, 5.41) is 17.7. The van der Waals surface area contributed by atoms with Crippen LogP contribution >= 0.6 is 0 Å². The lowest BCUT2D eigenvalue weighted by atomic mass is 9.98. The van der Waals surface area contributed by atoms with Crippen LogP contribution < -0.4 is 10.6 Å². The Morgan fingerprint density at radius 3 is 2.15 bits per heavy atom. The molecule has 11 heteroatoms. The minimum absolute atomic E-state index is 0.0620. The van der Waals surface area contributed by atoms with Crippen molar-refractivity contribution in [1.29, 1.82) is 0 Å². The van der Waals surface area contributed by atoms with Crippen LogP contribution in [0, 0.1) is 5.92 Å². The molecule has 10 nitrogen and oxygen atoms in total. The number of hydrogen-bond acceptors (Lipinski definition) is 7. The third kappa shape index (κ3) is 7.33. The van der Waals surface area contributed by atoms with Gasteiger partial charge in [-0.15, -0.1) is 0 Å². The van der Waals surface area contributed by atoms with E-state index >= 15 is 0 Å². The van der Waals surface area contributed by atoms with E-state index in [2.05, 4.69) is 10.6 Å². The lowest BCUT2D eigenvalue weighted by Gasteiger charge is -2.41. The van der Waals surface area contributed by atoms with Crippen molar-refractivity contribution in [2.45, 2.75) is 69.0 Å². The van der Waals surface area contributed by atoms with Crippen LogP contribution in [0.15, 0.2) is 102 Å². The quantitative estimate of drug-likeness (QED) is 0.292. The van der Waals surface area contributed by atoms with E-state index in [0.717, 1.165) is 9.87 Å². The number of rotatable bonds is 11. The summed E-state index contributed by atoms with van der Waals surface area (Å²) >= 11 is 0. The maximum absolute atomic E-state index is 14.3. The molecule has 2 aliphatic heterocycles. The summed E-state index contributed by atoms with van der Waals surface area (Å²) in [6.45, 7) is 7.50. The monoisotopic (exact) mass is 646 g/mol. The van der Waals surface area contributed by atoms with Gasteiger partial charge < -0.3 is 15.2 Å². The zero-order valence-corrected chi connectivity index (χ0v) is 27.4. The van der Waals surface area contributed by atoms with Crippen molar-refractivity contribution in [2.24, 2.45) is 5.92 Å². The number of nitrogens with zero attached hydrogens (tertiary/aromatic N) is 2. The highest BCUT2D eigenvalue weighted by Gasteiger charge is 2.44. The first kappa shape index (κ1) is 33.3. The molecule has 0 saturated carbocycles. The third-order valence-corrected chi connectivity index (χ3v) is 9.93. The highest BCUT2D eigenvalue weighted by Crippen LogP contribution is 2.33. The minimum atomic E-state index is -4.11. The number of carbonyl (C=O) groups is 2. The van der Waals surface area contributed by atoms with Gasteiger partial charge in [0.15, 0.2) is 0 Å². The summed E-state index contributed by atoms with van der Waals surface area (Å²) in [6.07, 6.45) is -0.0291. The molecular formula is C35H42N4O6S. The fourth-order valence-electron chi connectivity index (χ4n) is 5.85. The lowest BCUT2D eigenvalue weighted by molar-refractivity contribution is -0.138. The number of ether oxygens (including phenoxy) is 1. The van der Waals surface area contributed by atoms with Gasteiger partial charge in [0.25, 0.3) is 15.9 Å². The Hall–Kier alpha value is -4.03. The molecule has 0 spiro atoms. The SMILES string of the molecule is CC(C)C1C(=O)N(CC(=O)NC(Cc2ccccc2)C(O)C2NC(C)(C)CO2)C(c2ccccc2)=CN1S(=O)(=O)c1ccccc1. The largest absolute Gasteiger partial charge is 0.387 e. The number of amides is 2. The van der Waals surface area contributed by atoms with Gasteiger partial charge in [0.2, 0.25) is 5.91 Å². The molecule has 1 fully saturated rings. The Morgan fingerprint density at radius 1 is 1.00 bits per heavy atom. The van der Waals surface area contributed by atoms with Gasteiger partial charge in [-0.1, -0.05) is 92.7 Å². The fraction of sp³-hybridized carbons (Fsp3) is 0.371. The zero-order chi connectivity index (χ0) is 33.1. The van der Waals surface area contributed by atoms with E-state index in [-0.39, 0.29) is 22.7 Å². The lowest BCUT2D eigenvalue weighted by Crippen LogP contribution is -2.58. The van der Waals surface area contributed by atoms with E-state index in [1.807, 2.05) is 50.2 Å². The smallest absolute Gasteiger partial charge is 0.264 e. The van der Waals surface area contributed by atoms with E-state index in [1.165, 1.54) is 23.2 Å². The van der Waals surface area contributed by atoms with E-state index in [9.17, 15) is 23.1 Å².